The summed E-state index contributed by atoms with van der Waals surface area (Å²) in [6.07, 6.45) is 0.0245. The summed E-state index contributed by atoms with van der Waals surface area (Å²) in [6, 6.07) is 16.3. The molecule has 0 atom stereocenters. The molecule has 2 rings (SSSR count). The van der Waals surface area contributed by atoms with Crippen LogP contribution >= 0.6 is 0 Å². The normalized spacial score (nSPS) is 9.76. The number of anilines is 1. The Kier molecular flexibility index (Phi) is 6.55. The van der Waals surface area contributed by atoms with E-state index < -0.39 is 0 Å². The number of nitrogens with one attached hydrogen (secondary N) is 2. The molecular weight excluding hydrogens is 318 g/mol. The molecule has 128 valence electrons. The van der Waals surface area contributed by atoms with Crippen LogP contribution in [-0.4, -0.2) is 18.9 Å². The lowest BCUT2D eigenvalue weighted by Crippen LogP contribution is -2.23. The number of benzene rings is 2. The van der Waals surface area contributed by atoms with E-state index in [1.54, 1.807) is 19.2 Å². The third-order valence-electron chi connectivity index (χ3n) is 3.51. The Bertz CT molecular complexity index is 796. The summed E-state index contributed by atoms with van der Waals surface area (Å²) in [5, 5.41) is 14.0. The first-order valence-electron chi connectivity index (χ1n) is 7.76. The van der Waals surface area contributed by atoms with Gasteiger partial charge in [0.15, 0.2) is 0 Å². The van der Waals surface area contributed by atoms with Gasteiger partial charge in [0.2, 0.25) is 11.8 Å². The van der Waals surface area contributed by atoms with E-state index in [0.29, 0.717) is 11.4 Å². The number of amides is 2. The average Bonchev–Trinajstić information content (AvgIpc) is 2.61. The fraction of sp³-hybridized carbons (Fsp3) is 0.211. The van der Waals surface area contributed by atoms with Crippen LogP contribution in [0.2, 0.25) is 0 Å². The molecule has 0 saturated heterocycles. The summed E-state index contributed by atoms with van der Waals surface area (Å²) in [6.45, 7) is 0.246. The van der Waals surface area contributed by atoms with Crippen LogP contribution in [0.5, 0.6) is 5.75 Å². The Hall–Kier alpha value is -3.33. The van der Waals surface area contributed by atoms with E-state index in [-0.39, 0.29) is 31.2 Å². The lowest BCUT2D eigenvalue weighted by Gasteiger charge is -2.12. The molecule has 0 radical (unpaired) electrons. The van der Waals surface area contributed by atoms with Gasteiger partial charge in [-0.25, -0.2) is 0 Å². The first-order chi connectivity index (χ1) is 12.1. The fourth-order valence-electron chi connectivity index (χ4n) is 2.29. The molecule has 0 aliphatic carbocycles. The number of para-hydroxylation sites is 1. The first kappa shape index (κ1) is 18.0. The van der Waals surface area contributed by atoms with Crippen molar-refractivity contribution in [3.05, 3.63) is 59.7 Å². The zero-order valence-electron chi connectivity index (χ0n) is 13.9. The number of nitrogens with zero attached hydrogens (tertiary/aromatic N) is 1. The predicted octanol–water partition coefficient (Wildman–Crippen LogP) is 2.41. The Balaban J connectivity index is 2.00. The Morgan fingerprint density at radius 3 is 2.68 bits per heavy atom. The summed E-state index contributed by atoms with van der Waals surface area (Å²) in [5.41, 5.74) is 2.25. The van der Waals surface area contributed by atoms with Crippen LogP contribution in [0, 0.1) is 11.3 Å². The SMILES string of the molecule is COc1cccc(CC(=O)Nc2ccccc2CNC(=O)CC#N)c1. The standard InChI is InChI=1S/C19H19N3O3/c1-25-16-7-4-5-14(11-16)12-19(24)22-17-8-3-2-6-15(17)13-21-18(23)9-10-20/h2-8,11H,9,12-13H2,1H3,(H,21,23)(H,22,24). The van der Waals surface area contributed by atoms with Crippen molar-refractivity contribution in [2.24, 2.45) is 0 Å². The van der Waals surface area contributed by atoms with Crippen molar-refractivity contribution in [2.75, 3.05) is 12.4 Å². The van der Waals surface area contributed by atoms with Crippen molar-refractivity contribution in [2.45, 2.75) is 19.4 Å². The van der Waals surface area contributed by atoms with Crippen LogP contribution in [0.3, 0.4) is 0 Å². The third kappa shape index (κ3) is 5.66. The average molecular weight is 337 g/mol. The second kappa shape index (κ2) is 9.08. The number of hydrogen-bond acceptors (Lipinski definition) is 4. The maximum Gasteiger partial charge on any atom is 0.234 e. The highest BCUT2D eigenvalue weighted by molar-refractivity contribution is 5.93. The molecular formula is C19H19N3O3. The zero-order valence-corrected chi connectivity index (χ0v) is 13.9. The molecule has 25 heavy (non-hydrogen) atoms. The fourth-order valence-corrected chi connectivity index (χ4v) is 2.29. The molecule has 0 heterocycles. The Morgan fingerprint density at radius 2 is 1.92 bits per heavy atom. The van der Waals surface area contributed by atoms with Gasteiger partial charge in [-0.2, -0.15) is 5.26 Å². The third-order valence-corrected chi connectivity index (χ3v) is 3.51. The number of ether oxygens (including phenoxy) is 1. The largest absolute Gasteiger partial charge is 0.497 e. The van der Waals surface area contributed by atoms with Crippen molar-refractivity contribution in [3.63, 3.8) is 0 Å². The molecule has 0 aromatic heterocycles. The van der Waals surface area contributed by atoms with E-state index in [1.165, 1.54) is 0 Å². The summed E-state index contributed by atoms with van der Waals surface area (Å²) >= 11 is 0. The summed E-state index contributed by atoms with van der Waals surface area (Å²) in [7, 11) is 1.58. The van der Waals surface area contributed by atoms with E-state index >= 15 is 0 Å². The van der Waals surface area contributed by atoms with Crippen molar-refractivity contribution in [1.82, 2.24) is 5.32 Å². The molecule has 0 aliphatic rings. The number of carbonyl (C=O) groups is 2. The van der Waals surface area contributed by atoms with Crippen LogP contribution < -0.4 is 15.4 Å². The van der Waals surface area contributed by atoms with Gasteiger partial charge in [-0.1, -0.05) is 30.3 Å². The molecule has 6 nitrogen and oxygen atoms in total. The first-order valence-corrected chi connectivity index (χ1v) is 7.76. The molecule has 0 bridgehead atoms. The number of nitriles is 1. The predicted molar refractivity (Wildman–Crippen MR) is 93.8 cm³/mol. The summed E-state index contributed by atoms with van der Waals surface area (Å²) in [4.78, 5) is 23.7. The van der Waals surface area contributed by atoms with E-state index in [9.17, 15) is 9.59 Å². The molecule has 6 heteroatoms. The number of rotatable bonds is 7. The van der Waals surface area contributed by atoms with Gasteiger partial charge < -0.3 is 15.4 Å². The number of methoxy groups -OCH3 is 1. The van der Waals surface area contributed by atoms with E-state index in [4.69, 9.17) is 10.00 Å². The lowest BCUT2D eigenvalue weighted by molar-refractivity contribution is -0.120. The van der Waals surface area contributed by atoms with Gasteiger partial charge in [0.25, 0.3) is 0 Å². The second-order valence-corrected chi connectivity index (χ2v) is 5.35. The lowest BCUT2D eigenvalue weighted by atomic mass is 10.1. The van der Waals surface area contributed by atoms with Gasteiger partial charge in [0, 0.05) is 12.2 Å². The molecule has 2 amide bonds. The highest BCUT2D eigenvalue weighted by Gasteiger charge is 2.09. The van der Waals surface area contributed by atoms with Crippen LogP contribution in [0.4, 0.5) is 5.69 Å². The smallest absolute Gasteiger partial charge is 0.234 e. The number of hydrogen-bond donors (Lipinski definition) is 2. The van der Waals surface area contributed by atoms with Crippen LogP contribution in [-0.2, 0) is 22.6 Å². The monoisotopic (exact) mass is 337 g/mol. The van der Waals surface area contributed by atoms with Crippen LogP contribution in [0.25, 0.3) is 0 Å². The highest BCUT2D eigenvalue weighted by Crippen LogP contribution is 2.17. The molecule has 0 spiro atoms. The Labute approximate surface area is 146 Å². The maximum atomic E-state index is 12.3. The van der Waals surface area contributed by atoms with Gasteiger partial charge in [-0.3, -0.25) is 9.59 Å². The molecule has 2 N–H and O–H groups in total. The molecule has 0 unspecified atom stereocenters. The minimum atomic E-state index is -0.347. The maximum absolute atomic E-state index is 12.3. The van der Waals surface area contributed by atoms with Crippen LogP contribution in [0.1, 0.15) is 17.5 Å². The van der Waals surface area contributed by atoms with E-state index in [0.717, 1.165) is 11.1 Å². The highest BCUT2D eigenvalue weighted by atomic mass is 16.5. The van der Waals surface area contributed by atoms with Gasteiger partial charge >= 0.3 is 0 Å². The van der Waals surface area contributed by atoms with Crippen LogP contribution in [0.15, 0.2) is 48.5 Å². The minimum Gasteiger partial charge on any atom is -0.497 e. The minimum absolute atomic E-state index is 0.163. The van der Waals surface area contributed by atoms with Crippen molar-refractivity contribution >= 4 is 17.5 Å². The van der Waals surface area contributed by atoms with Gasteiger partial charge in [0.1, 0.15) is 12.2 Å². The van der Waals surface area contributed by atoms with E-state index in [1.807, 2.05) is 42.5 Å². The summed E-state index contributed by atoms with van der Waals surface area (Å²) in [5.74, 6) is 0.190. The summed E-state index contributed by atoms with van der Waals surface area (Å²) < 4.78 is 5.15. The van der Waals surface area contributed by atoms with Crippen molar-refractivity contribution in [1.29, 1.82) is 5.26 Å². The molecule has 0 saturated carbocycles. The van der Waals surface area contributed by atoms with Crippen molar-refractivity contribution in [3.8, 4) is 11.8 Å². The zero-order chi connectivity index (χ0) is 18.1. The van der Waals surface area contributed by atoms with Crippen molar-refractivity contribution < 1.29 is 14.3 Å². The van der Waals surface area contributed by atoms with E-state index in [2.05, 4.69) is 10.6 Å². The molecule has 0 aliphatic heterocycles. The quantitative estimate of drug-likeness (QED) is 0.811. The molecule has 0 fully saturated rings. The van der Waals surface area contributed by atoms with Gasteiger partial charge in [-0.05, 0) is 29.3 Å². The topological polar surface area (TPSA) is 91.2 Å². The van der Waals surface area contributed by atoms with Gasteiger partial charge in [-0.15, -0.1) is 0 Å². The molecule has 2 aromatic rings. The Morgan fingerprint density at radius 1 is 1.12 bits per heavy atom. The second-order valence-electron chi connectivity index (χ2n) is 5.35. The molecule has 2 aromatic carbocycles. The van der Waals surface area contributed by atoms with Gasteiger partial charge in [0.05, 0.1) is 19.6 Å². The number of carbonyl (C=O) groups excluding carboxylic acids is 2.